The second-order valence-corrected chi connectivity index (χ2v) is 7.28. The number of alkyl halides is 3. The molecule has 28 heavy (non-hydrogen) atoms. The second-order valence-electron chi connectivity index (χ2n) is 7.28. The lowest BCUT2D eigenvalue weighted by Crippen LogP contribution is -2.38. The van der Waals surface area contributed by atoms with E-state index in [0.717, 1.165) is 28.6 Å². The summed E-state index contributed by atoms with van der Waals surface area (Å²) in [5.41, 5.74) is 1.98. The molecule has 0 bridgehead atoms. The van der Waals surface area contributed by atoms with Crippen molar-refractivity contribution in [2.24, 2.45) is 5.92 Å². The van der Waals surface area contributed by atoms with Crippen molar-refractivity contribution in [2.45, 2.75) is 38.9 Å². The van der Waals surface area contributed by atoms with E-state index in [-0.39, 0.29) is 17.9 Å². The van der Waals surface area contributed by atoms with Crippen LogP contribution in [0.1, 0.15) is 30.5 Å². The van der Waals surface area contributed by atoms with Crippen LogP contribution < -0.4 is 5.32 Å². The second kappa shape index (κ2) is 8.09. The van der Waals surface area contributed by atoms with Gasteiger partial charge in [-0.2, -0.15) is 13.2 Å². The van der Waals surface area contributed by atoms with E-state index in [1.807, 2.05) is 37.4 Å². The van der Waals surface area contributed by atoms with Gasteiger partial charge in [0.2, 0.25) is 5.91 Å². The van der Waals surface area contributed by atoms with E-state index in [1.54, 1.807) is 13.0 Å². The number of hydrogen-bond donors (Lipinski definition) is 2. The number of halogens is 3. The quantitative estimate of drug-likeness (QED) is 0.605. The van der Waals surface area contributed by atoms with Crippen LogP contribution in [0.15, 0.2) is 54.7 Å². The van der Waals surface area contributed by atoms with Gasteiger partial charge in [-0.1, -0.05) is 43.3 Å². The van der Waals surface area contributed by atoms with Crippen molar-refractivity contribution in [3.05, 3.63) is 71.4 Å². The molecule has 148 valence electrons. The Hall–Kier alpha value is -2.76. The number of benzene rings is 2. The van der Waals surface area contributed by atoms with E-state index in [2.05, 4.69) is 10.3 Å². The number of carbonyl (C=O) groups excluding carboxylic acids is 1. The highest BCUT2D eigenvalue weighted by atomic mass is 19.4. The van der Waals surface area contributed by atoms with Gasteiger partial charge in [-0.05, 0) is 43.0 Å². The molecular weight excluding hydrogens is 365 g/mol. The molecule has 3 rings (SSSR count). The number of fused-ring (bicyclic) bond motifs is 1. The zero-order valence-corrected chi connectivity index (χ0v) is 15.8. The smallest absolute Gasteiger partial charge is 0.361 e. The summed E-state index contributed by atoms with van der Waals surface area (Å²) in [6.45, 7) is 3.66. The van der Waals surface area contributed by atoms with Crippen LogP contribution in [0.4, 0.5) is 13.2 Å². The van der Waals surface area contributed by atoms with Crippen molar-refractivity contribution in [2.75, 3.05) is 0 Å². The number of aromatic amines is 1. The molecule has 0 aliphatic carbocycles. The fourth-order valence-electron chi connectivity index (χ4n) is 3.39. The van der Waals surface area contributed by atoms with Gasteiger partial charge in [-0.25, -0.2) is 0 Å². The molecule has 2 atom stereocenters. The lowest BCUT2D eigenvalue weighted by atomic mass is 9.98. The topological polar surface area (TPSA) is 44.9 Å². The first kappa shape index (κ1) is 20.0. The van der Waals surface area contributed by atoms with Crippen molar-refractivity contribution in [1.29, 1.82) is 0 Å². The summed E-state index contributed by atoms with van der Waals surface area (Å²) in [4.78, 5) is 15.7. The fourth-order valence-corrected chi connectivity index (χ4v) is 3.39. The minimum absolute atomic E-state index is 0.107. The standard InChI is InChI=1S/C22H23F3N2O/c1-14(10-17-13-26-20-9-4-3-8-19(17)20)21(28)27-15(2)11-16-6-5-7-18(12-16)22(23,24)25/h3-9,12-15,26H,10-11H2,1-2H3,(H,27,28). The average Bonchev–Trinajstić information content (AvgIpc) is 3.04. The molecule has 0 saturated heterocycles. The number of para-hydroxylation sites is 1. The third kappa shape index (κ3) is 4.74. The minimum atomic E-state index is -4.36. The lowest BCUT2D eigenvalue weighted by Gasteiger charge is -2.18. The molecule has 2 unspecified atom stereocenters. The molecule has 0 radical (unpaired) electrons. The molecular formula is C22H23F3N2O. The first-order chi connectivity index (χ1) is 13.2. The summed E-state index contributed by atoms with van der Waals surface area (Å²) in [5, 5.41) is 4.01. The molecule has 2 aromatic carbocycles. The van der Waals surface area contributed by atoms with Gasteiger partial charge < -0.3 is 10.3 Å². The predicted molar refractivity (Wildman–Crippen MR) is 104 cm³/mol. The van der Waals surface area contributed by atoms with Crippen LogP contribution in [0, 0.1) is 5.92 Å². The fraction of sp³-hybridized carbons (Fsp3) is 0.318. The molecule has 0 aliphatic rings. The van der Waals surface area contributed by atoms with E-state index >= 15 is 0 Å². The molecule has 1 amide bonds. The van der Waals surface area contributed by atoms with Gasteiger partial charge in [-0.15, -0.1) is 0 Å². The Morgan fingerprint density at radius 1 is 1.07 bits per heavy atom. The Kier molecular flexibility index (Phi) is 5.77. The van der Waals surface area contributed by atoms with Crippen molar-refractivity contribution >= 4 is 16.8 Å². The van der Waals surface area contributed by atoms with Crippen LogP contribution in [0.3, 0.4) is 0 Å². The molecule has 0 spiro atoms. The minimum Gasteiger partial charge on any atom is -0.361 e. The first-order valence-corrected chi connectivity index (χ1v) is 9.25. The van der Waals surface area contributed by atoms with Gasteiger partial charge in [0.15, 0.2) is 0 Å². The molecule has 2 N–H and O–H groups in total. The monoisotopic (exact) mass is 388 g/mol. The molecule has 6 heteroatoms. The van der Waals surface area contributed by atoms with Gasteiger partial charge in [0, 0.05) is 29.1 Å². The van der Waals surface area contributed by atoms with Gasteiger partial charge in [0.1, 0.15) is 0 Å². The highest BCUT2D eigenvalue weighted by molar-refractivity contribution is 5.84. The Morgan fingerprint density at radius 2 is 1.82 bits per heavy atom. The summed E-state index contributed by atoms with van der Waals surface area (Å²) >= 11 is 0. The highest BCUT2D eigenvalue weighted by Gasteiger charge is 2.30. The summed E-state index contributed by atoms with van der Waals surface area (Å²) in [6.07, 6.45) is -1.52. The predicted octanol–water partition coefficient (Wildman–Crippen LogP) is 5.11. The Labute approximate surface area is 162 Å². The number of rotatable bonds is 6. The maximum absolute atomic E-state index is 12.8. The van der Waals surface area contributed by atoms with E-state index in [9.17, 15) is 18.0 Å². The van der Waals surface area contributed by atoms with Gasteiger partial charge >= 0.3 is 6.18 Å². The Morgan fingerprint density at radius 3 is 2.57 bits per heavy atom. The van der Waals surface area contributed by atoms with E-state index in [1.165, 1.54) is 6.07 Å². The maximum atomic E-state index is 12.8. The van der Waals surface area contributed by atoms with Crippen molar-refractivity contribution in [1.82, 2.24) is 10.3 Å². The zero-order chi connectivity index (χ0) is 20.3. The van der Waals surface area contributed by atoms with Crippen molar-refractivity contribution in [3.8, 4) is 0 Å². The number of aromatic nitrogens is 1. The number of hydrogen-bond acceptors (Lipinski definition) is 1. The molecule has 3 aromatic rings. The summed E-state index contributed by atoms with van der Waals surface area (Å²) in [5.74, 6) is -0.354. The first-order valence-electron chi connectivity index (χ1n) is 9.25. The molecule has 1 heterocycles. The third-order valence-corrected chi connectivity index (χ3v) is 4.83. The summed E-state index contributed by atoms with van der Waals surface area (Å²) < 4.78 is 38.5. The van der Waals surface area contributed by atoms with Crippen molar-refractivity contribution in [3.63, 3.8) is 0 Å². The number of H-pyrrole nitrogens is 1. The number of amides is 1. The van der Waals surface area contributed by atoms with Gasteiger partial charge in [0.05, 0.1) is 5.56 Å². The number of carbonyl (C=O) groups is 1. The Bertz CT molecular complexity index is 962. The van der Waals surface area contributed by atoms with Crippen LogP contribution in [0.25, 0.3) is 10.9 Å². The van der Waals surface area contributed by atoms with Crippen LogP contribution in [-0.2, 0) is 23.8 Å². The van der Waals surface area contributed by atoms with Crippen LogP contribution in [0.2, 0.25) is 0 Å². The zero-order valence-electron chi connectivity index (χ0n) is 15.8. The van der Waals surface area contributed by atoms with Crippen molar-refractivity contribution < 1.29 is 18.0 Å². The van der Waals surface area contributed by atoms with Gasteiger partial charge in [0.25, 0.3) is 0 Å². The molecule has 0 fully saturated rings. The summed E-state index contributed by atoms with van der Waals surface area (Å²) in [6, 6.07) is 12.9. The van der Waals surface area contributed by atoms with Gasteiger partial charge in [-0.3, -0.25) is 4.79 Å². The van der Waals surface area contributed by atoms with Crippen LogP contribution in [0.5, 0.6) is 0 Å². The van der Waals surface area contributed by atoms with Crippen LogP contribution in [-0.4, -0.2) is 16.9 Å². The molecule has 0 aliphatic heterocycles. The Balaban J connectivity index is 1.59. The molecule has 1 aromatic heterocycles. The molecule has 0 saturated carbocycles. The van der Waals surface area contributed by atoms with Crippen LogP contribution >= 0.6 is 0 Å². The van der Waals surface area contributed by atoms with E-state index < -0.39 is 11.7 Å². The van der Waals surface area contributed by atoms with E-state index in [0.29, 0.717) is 18.4 Å². The normalized spacial score (nSPS) is 14.0. The largest absolute Gasteiger partial charge is 0.416 e. The third-order valence-electron chi connectivity index (χ3n) is 4.83. The maximum Gasteiger partial charge on any atom is 0.416 e. The number of nitrogens with one attached hydrogen (secondary N) is 2. The summed E-state index contributed by atoms with van der Waals surface area (Å²) in [7, 11) is 0. The SMILES string of the molecule is CC(Cc1cccc(C(F)(F)F)c1)NC(=O)C(C)Cc1c[nH]c2ccccc12. The lowest BCUT2D eigenvalue weighted by molar-refractivity contribution is -0.137. The average molecular weight is 388 g/mol. The molecule has 3 nitrogen and oxygen atoms in total. The van der Waals surface area contributed by atoms with E-state index in [4.69, 9.17) is 0 Å². The highest BCUT2D eigenvalue weighted by Crippen LogP contribution is 2.29.